The zero-order chi connectivity index (χ0) is 14.6. The van der Waals surface area contributed by atoms with Crippen molar-refractivity contribution in [1.82, 2.24) is 5.32 Å². The molecule has 1 atom stereocenters. The Balaban J connectivity index is 2.11. The van der Waals surface area contributed by atoms with Crippen molar-refractivity contribution in [3.63, 3.8) is 0 Å². The number of amides is 1. The molecule has 0 spiro atoms. The molecule has 1 aliphatic heterocycles. The standard InChI is InChI=1S/C16H24N2OS/c1-4-20-13-9-6-5-8-12(13)18-15(19)14-16(2,3)10-7-11-17-14/h5-6,8-9,14,17H,4,7,10-11H2,1-3H3,(H,18,19). The normalized spacial score (nSPS) is 21.4. The molecule has 3 nitrogen and oxygen atoms in total. The summed E-state index contributed by atoms with van der Waals surface area (Å²) in [6, 6.07) is 7.90. The number of anilines is 1. The van der Waals surface area contributed by atoms with Gasteiger partial charge in [-0.15, -0.1) is 11.8 Å². The SMILES string of the molecule is CCSc1ccccc1NC(=O)C1NCCCC1(C)C. The molecule has 1 amide bonds. The van der Waals surface area contributed by atoms with Crippen LogP contribution in [0.2, 0.25) is 0 Å². The second-order valence-corrected chi connectivity index (χ2v) is 7.20. The highest BCUT2D eigenvalue weighted by molar-refractivity contribution is 7.99. The molecule has 0 aliphatic carbocycles. The van der Waals surface area contributed by atoms with Crippen molar-refractivity contribution in [2.24, 2.45) is 5.41 Å². The molecule has 1 aromatic rings. The molecule has 0 bridgehead atoms. The van der Waals surface area contributed by atoms with E-state index >= 15 is 0 Å². The van der Waals surface area contributed by atoms with Gasteiger partial charge in [0.25, 0.3) is 0 Å². The maximum atomic E-state index is 12.6. The Morgan fingerprint density at radius 1 is 1.45 bits per heavy atom. The maximum Gasteiger partial charge on any atom is 0.242 e. The first-order chi connectivity index (χ1) is 9.54. The Labute approximate surface area is 125 Å². The highest BCUT2D eigenvalue weighted by Crippen LogP contribution is 2.32. The van der Waals surface area contributed by atoms with Crippen molar-refractivity contribution in [3.8, 4) is 0 Å². The first kappa shape index (κ1) is 15.4. The summed E-state index contributed by atoms with van der Waals surface area (Å²) in [5.41, 5.74) is 0.933. The van der Waals surface area contributed by atoms with Crippen LogP contribution in [0.5, 0.6) is 0 Å². The van der Waals surface area contributed by atoms with Crippen LogP contribution in [0.25, 0.3) is 0 Å². The van der Waals surface area contributed by atoms with Crippen LogP contribution in [-0.2, 0) is 4.79 Å². The highest BCUT2D eigenvalue weighted by atomic mass is 32.2. The predicted molar refractivity (Wildman–Crippen MR) is 86.3 cm³/mol. The molecule has 0 aromatic heterocycles. The van der Waals surface area contributed by atoms with Crippen molar-refractivity contribution in [2.75, 3.05) is 17.6 Å². The van der Waals surface area contributed by atoms with Crippen molar-refractivity contribution in [3.05, 3.63) is 24.3 Å². The van der Waals surface area contributed by atoms with Crippen LogP contribution in [0.15, 0.2) is 29.2 Å². The van der Waals surface area contributed by atoms with Crippen LogP contribution in [0, 0.1) is 5.41 Å². The van der Waals surface area contributed by atoms with Gasteiger partial charge in [0.2, 0.25) is 5.91 Å². The smallest absolute Gasteiger partial charge is 0.242 e. The van der Waals surface area contributed by atoms with Gasteiger partial charge in [0, 0.05) is 4.90 Å². The van der Waals surface area contributed by atoms with E-state index in [1.807, 2.05) is 18.2 Å². The van der Waals surface area contributed by atoms with Gasteiger partial charge in [0.15, 0.2) is 0 Å². The summed E-state index contributed by atoms with van der Waals surface area (Å²) in [6.45, 7) is 7.37. The van der Waals surface area contributed by atoms with Crippen LogP contribution in [0.1, 0.15) is 33.6 Å². The molecule has 1 fully saturated rings. The molecular weight excluding hydrogens is 268 g/mol. The molecule has 0 saturated carbocycles. The fourth-order valence-corrected chi connectivity index (χ4v) is 3.48. The van der Waals surface area contributed by atoms with E-state index in [4.69, 9.17) is 0 Å². The third-order valence-corrected chi connectivity index (χ3v) is 4.79. The Kier molecular flexibility index (Phi) is 5.11. The molecule has 4 heteroatoms. The highest BCUT2D eigenvalue weighted by Gasteiger charge is 2.37. The Bertz CT molecular complexity index is 473. The number of piperidine rings is 1. The van der Waals surface area contributed by atoms with E-state index in [2.05, 4.69) is 37.5 Å². The van der Waals surface area contributed by atoms with Gasteiger partial charge < -0.3 is 10.6 Å². The molecule has 1 heterocycles. The minimum atomic E-state index is -0.115. The lowest BCUT2D eigenvalue weighted by Gasteiger charge is -2.38. The Morgan fingerprint density at radius 3 is 2.90 bits per heavy atom. The monoisotopic (exact) mass is 292 g/mol. The van der Waals surface area contributed by atoms with Gasteiger partial charge in [0.1, 0.15) is 0 Å². The number of hydrogen-bond donors (Lipinski definition) is 2. The average molecular weight is 292 g/mol. The first-order valence-corrected chi connectivity index (χ1v) is 8.29. The van der Waals surface area contributed by atoms with E-state index in [1.54, 1.807) is 11.8 Å². The number of para-hydroxylation sites is 1. The lowest BCUT2D eigenvalue weighted by Crippen LogP contribution is -2.53. The number of hydrogen-bond acceptors (Lipinski definition) is 3. The average Bonchev–Trinajstić information content (AvgIpc) is 2.40. The molecule has 110 valence electrons. The van der Waals surface area contributed by atoms with Crippen molar-refractivity contribution < 1.29 is 4.79 Å². The number of thioether (sulfide) groups is 1. The largest absolute Gasteiger partial charge is 0.324 e. The van der Waals surface area contributed by atoms with Gasteiger partial charge in [-0.2, -0.15) is 0 Å². The minimum Gasteiger partial charge on any atom is -0.324 e. The van der Waals surface area contributed by atoms with Crippen LogP contribution in [0.4, 0.5) is 5.69 Å². The van der Waals surface area contributed by atoms with Crippen molar-refractivity contribution >= 4 is 23.4 Å². The molecule has 20 heavy (non-hydrogen) atoms. The van der Waals surface area contributed by atoms with Gasteiger partial charge in [-0.25, -0.2) is 0 Å². The predicted octanol–water partition coefficient (Wildman–Crippen LogP) is 3.52. The van der Waals surface area contributed by atoms with Gasteiger partial charge in [-0.1, -0.05) is 32.9 Å². The van der Waals surface area contributed by atoms with Gasteiger partial charge in [-0.05, 0) is 42.7 Å². The summed E-state index contributed by atoms with van der Waals surface area (Å²) in [6.07, 6.45) is 2.22. The van der Waals surface area contributed by atoms with Gasteiger partial charge in [0.05, 0.1) is 11.7 Å². The third-order valence-electron chi connectivity index (χ3n) is 3.83. The quantitative estimate of drug-likeness (QED) is 0.834. The van der Waals surface area contributed by atoms with Crippen LogP contribution < -0.4 is 10.6 Å². The number of carbonyl (C=O) groups excluding carboxylic acids is 1. The molecule has 0 radical (unpaired) electrons. The summed E-state index contributed by atoms with van der Waals surface area (Å²) < 4.78 is 0. The maximum absolute atomic E-state index is 12.6. The van der Waals surface area contributed by atoms with E-state index in [1.165, 1.54) is 0 Å². The number of rotatable bonds is 4. The van der Waals surface area contributed by atoms with Gasteiger partial charge in [-0.3, -0.25) is 4.79 Å². The van der Waals surface area contributed by atoms with E-state index in [9.17, 15) is 4.79 Å². The summed E-state index contributed by atoms with van der Waals surface area (Å²) >= 11 is 1.76. The fourth-order valence-electron chi connectivity index (χ4n) is 2.71. The van der Waals surface area contributed by atoms with E-state index < -0.39 is 0 Å². The molecular formula is C16H24N2OS. The summed E-state index contributed by atoms with van der Waals surface area (Å²) in [4.78, 5) is 13.7. The summed E-state index contributed by atoms with van der Waals surface area (Å²) in [5, 5.41) is 6.46. The molecule has 1 aromatic carbocycles. The molecule has 1 aliphatic rings. The van der Waals surface area contributed by atoms with Crippen molar-refractivity contribution in [2.45, 2.75) is 44.6 Å². The number of carbonyl (C=O) groups is 1. The topological polar surface area (TPSA) is 41.1 Å². The number of benzene rings is 1. The Hall–Kier alpha value is -1.00. The van der Waals surface area contributed by atoms with Crippen LogP contribution in [0.3, 0.4) is 0 Å². The molecule has 1 unspecified atom stereocenters. The minimum absolute atomic E-state index is 0.00910. The molecule has 2 rings (SSSR count). The fraction of sp³-hybridized carbons (Fsp3) is 0.562. The van der Waals surface area contributed by atoms with E-state index in [-0.39, 0.29) is 17.4 Å². The first-order valence-electron chi connectivity index (χ1n) is 7.30. The second kappa shape index (κ2) is 6.64. The van der Waals surface area contributed by atoms with Gasteiger partial charge >= 0.3 is 0 Å². The number of nitrogens with one attached hydrogen (secondary N) is 2. The zero-order valence-electron chi connectivity index (χ0n) is 12.5. The lowest BCUT2D eigenvalue weighted by atomic mass is 9.77. The summed E-state index contributed by atoms with van der Waals surface area (Å²) in [7, 11) is 0. The van der Waals surface area contributed by atoms with E-state index in [0.717, 1.165) is 35.7 Å². The lowest BCUT2D eigenvalue weighted by molar-refractivity contribution is -0.121. The summed E-state index contributed by atoms with van der Waals surface area (Å²) in [5.74, 6) is 1.08. The second-order valence-electron chi connectivity index (χ2n) is 5.90. The zero-order valence-corrected chi connectivity index (χ0v) is 13.3. The third kappa shape index (κ3) is 3.55. The van der Waals surface area contributed by atoms with Crippen molar-refractivity contribution in [1.29, 1.82) is 0 Å². The molecule has 1 saturated heterocycles. The van der Waals surface area contributed by atoms with Crippen LogP contribution >= 0.6 is 11.8 Å². The van der Waals surface area contributed by atoms with Crippen LogP contribution in [-0.4, -0.2) is 24.2 Å². The Morgan fingerprint density at radius 2 is 2.20 bits per heavy atom. The molecule has 2 N–H and O–H groups in total. The van der Waals surface area contributed by atoms with E-state index in [0.29, 0.717) is 0 Å².